The second-order valence-corrected chi connectivity index (χ2v) is 4.66. The molecule has 0 amide bonds. The highest BCUT2D eigenvalue weighted by Crippen LogP contribution is 2.35. The van der Waals surface area contributed by atoms with Crippen LogP contribution >= 0.6 is 15.9 Å². The predicted molar refractivity (Wildman–Crippen MR) is 64.1 cm³/mol. The summed E-state index contributed by atoms with van der Waals surface area (Å²) in [6.07, 6.45) is -4.67. The van der Waals surface area contributed by atoms with Crippen LogP contribution in [0.4, 0.5) is 13.2 Å². The molecule has 2 aromatic heterocycles. The van der Waals surface area contributed by atoms with Gasteiger partial charge in [0, 0.05) is 4.47 Å². The molecule has 0 aromatic carbocycles. The molecule has 0 saturated carbocycles. The van der Waals surface area contributed by atoms with Crippen LogP contribution in [0.3, 0.4) is 0 Å². The van der Waals surface area contributed by atoms with Gasteiger partial charge in [-0.15, -0.1) is 0 Å². The smallest absolute Gasteiger partial charge is 0.434 e. The number of carbonyl (C=O) groups is 1. The van der Waals surface area contributed by atoms with E-state index in [4.69, 9.17) is 9.63 Å². The molecule has 0 aliphatic rings. The average molecular weight is 351 g/mol. The minimum atomic E-state index is -4.67. The number of rotatable bonds is 2. The normalized spacial score (nSPS) is 11.7. The molecule has 2 heterocycles. The Kier molecular flexibility index (Phi) is 3.55. The van der Waals surface area contributed by atoms with E-state index >= 15 is 0 Å². The van der Waals surface area contributed by atoms with Crippen molar-refractivity contribution >= 4 is 21.9 Å². The third-order valence-corrected chi connectivity index (χ3v) is 3.06. The first kappa shape index (κ1) is 14.5. The highest BCUT2D eigenvalue weighted by molar-refractivity contribution is 9.10. The van der Waals surface area contributed by atoms with Gasteiger partial charge in [0.2, 0.25) is 0 Å². The third kappa shape index (κ3) is 2.53. The Bertz CT molecular complexity index is 682. The summed E-state index contributed by atoms with van der Waals surface area (Å²) < 4.78 is 42.8. The average Bonchev–Trinajstić information content (AvgIpc) is 2.70. The van der Waals surface area contributed by atoms with E-state index in [1.165, 1.54) is 13.0 Å². The maximum Gasteiger partial charge on any atom is 0.434 e. The van der Waals surface area contributed by atoms with Crippen LogP contribution in [0.15, 0.2) is 21.1 Å². The lowest BCUT2D eigenvalue weighted by atomic mass is 10.1. The predicted octanol–water partition coefficient (Wildman–Crippen LogP) is 3.52. The van der Waals surface area contributed by atoms with Gasteiger partial charge in [0.05, 0.1) is 5.69 Å². The molecule has 20 heavy (non-hydrogen) atoms. The van der Waals surface area contributed by atoms with Crippen molar-refractivity contribution in [2.75, 3.05) is 0 Å². The Morgan fingerprint density at radius 3 is 2.60 bits per heavy atom. The number of pyridine rings is 1. The SMILES string of the molecule is Cc1noc(-c2ccc(Br)c(C(F)(F)F)n2)c1C(=O)O. The molecule has 0 aliphatic heterocycles. The summed E-state index contributed by atoms with van der Waals surface area (Å²) in [6.45, 7) is 1.37. The Morgan fingerprint density at radius 1 is 1.40 bits per heavy atom. The van der Waals surface area contributed by atoms with E-state index in [1.54, 1.807) is 0 Å². The van der Waals surface area contributed by atoms with Crippen molar-refractivity contribution in [1.29, 1.82) is 0 Å². The molecule has 0 bridgehead atoms. The van der Waals surface area contributed by atoms with Gasteiger partial charge in [-0.25, -0.2) is 9.78 Å². The number of carboxylic acid groups (broad SMARTS) is 1. The molecule has 2 aromatic rings. The standard InChI is InChI=1S/C11H6BrF3N2O3/c1-4-7(10(18)19)8(20-17-4)6-3-2-5(12)9(16-6)11(13,14)15/h2-3H,1H3,(H,18,19). The molecule has 106 valence electrons. The van der Waals surface area contributed by atoms with E-state index < -0.39 is 17.8 Å². The number of aryl methyl sites for hydroxylation is 1. The molecule has 0 aliphatic carbocycles. The fourth-order valence-electron chi connectivity index (χ4n) is 1.56. The van der Waals surface area contributed by atoms with Crippen molar-refractivity contribution in [2.24, 2.45) is 0 Å². The Hall–Kier alpha value is -1.90. The van der Waals surface area contributed by atoms with Gasteiger partial charge in [-0.3, -0.25) is 0 Å². The van der Waals surface area contributed by atoms with Crippen LogP contribution in [0.25, 0.3) is 11.5 Å². The van der Waals surface area contributed by atoms with Crippen molar-refractivity contribution in [1.82, 2.24) is 10.1 Å². The number of aromatic carboxylic acids is 1. The minimum Gasteiger partial charge on any atom is -0.477 e. The number of halogens is 4. The van der Waals surface area contributed by atoms with E-state index in [-0.39, 0.29) is 27.2 Å². The van der Waals surface area contributed by atoms with Gasteiger partial charge < -0.3 is 9.63 Å². The zero-order chi connectivity index (χ0) is 15.1. The lowest BCUT2D eigenvalue weighted by molar-refractivity contribution is -0.141. The summed E-state index contributed by atoms with van der Waals surface area (Å²) in [5.41, 5.74) is -1.67. The van der Waals surface area contributed by atoms with E-state index in [2.05, 4.69) is 26.1 Å². The molecule has 0 unspecified atom stereocenters. The van der Waals surface area contributed by atoms with Gasteiger partial charge in [0.15, 0.2) is 11.5 Å². The van der Waals surface area contributed by atoms with Crippen LogP contribution in [0.2, 0.25) is 0 Å². The largest absolute Gasteiger partial charge is 0.477 e. The fourth-order valence-corrected chi connectivity index (χ4v) is 2.01. The quantitative estimate of drug-likeness (QED) is 0.896. The fraction of sp³-hybridized carbons (Fsp3) is 0.182. The van der Waals surface area contributed by atoms with Gasteiger partial charge in [0.25, 0.3) is 0 Å². The van der Waals surface area contributed by atoms with Gasteiger partial charge in [0.1, 0.15) is 11.3 Å². The minimum absolute atomic E-state index is 0.0609. The van der Waals surface area contributed by atoms with Crippen LogP contribution in [0.5, 0.6) is 0 Å². The van der Waals surface area contributed by atoms with Gasteiger partial charge in [-0.2, -0.15) is 13.2 Å². The summed E-state index contributed by atoms with van der Waals surface area (Å²) in [4.78, 5) is 14.5. The van der Waals surface area contributed by atoms with Gasteiger partial charge >= 0.3 is 12.1 Å². The monoisotopic (exact) mass is 350 g/mol. The Labute approximate surface area is 118 Å². The highest BCUT2D eigenvalue weighted by atomic mass is 79.9. The number of hydrogen-bond acceptors (Lipinski definition) is 4. The number of alkyl halides is 3. The number of hydrogen-bond donors (Lipinski definition) is 1. The number of nitrogens with zero attached hydrogens (tertiary/aromatic N) is 2. The van der Waals surface area contributed by atoms with Crippen LogP contribution in [-0.2, 0) is 6.18 Å². The van der Waals surface area contributed by atoms with E-state index in [1.807, 2.05) is 0 Å². The maximum absolute atomic E-state index is 12.8. The molecule has 1 N–H and O–H groups in total. The molecule has 0 spiro atoms. The van der Waals surface area contributed by atoms with Crippen LogP contribution in [0.1, 0.15) is 21.7 Å². The summed E-state index contributed by atoms with van der Waals surface area (Å²) in [5.74, 6) is -1.66. The zero-order valence-electron chi connectivity index (χ0n) is 9.82. The zero-order valence-corrected chi connectivity index (χ0v) is 11.4. The van der Waals surface area contributed by atoms with Crippen LogP contribution < -0.4 is 0 Å². The first-order valence-electron chi connectivity index (χ1n) is 5.15. The summed E-state index contributed by atoms with van der Waals surface area (Å²) >= 11 is 2.75. The van der Waals surface area contributed by atoms with Crippen molar-refractivity contribution in [3.05, 3.63) is 33.6 Å². The maximum atomic E-state index is 12.8. The molecule has 9 heteroatoms. The first-order valence-corrected chi connectivity index (χ1v) is 5.94. The van der Waals surface area contributed by atoms with Crippen LogP contribution in [-0.4, -0.2) is 21.2 Å². The van der Waals surface area contributed by atoms with Crippen molar-refractivity contribution in [2.45, 2.75) is 13.1 Å². The third-order valence-electron chi connectivity index (χ3n) is 2.42. The molecular formula is C11H6BrF3N2O3. The summed E-state index contributed by atoms with van der Waals surface area (Å²) in [5, 5.41) is 12.5. The van der Waals surface area contributed by atoms with Gasteiger partial charge in [-0.05, 0) is 35.0 Å². The number of aromatic nitrogens is 2. The van der Waals surface area contributed by atoms with Crippen molar-refractivity contribution in [3.8, 4) is 11.5 Å². The van der Waals surface area contributed by atoms with Crippen molar-refractivity contribution < 1.29 is 27.6 Å². The molecular weight excluding hydrogens is 345 g/mol. The van der Waals surface area contributed by atoms with Crippen LogP contribution in [0, 0.1) is 6.92 Å². The summed E-state index contributed by atoms with van der Waals surface area (Å²) in [7, 11) is 0. The molecule has 0 radical (unpaired) electrons. The molecule has 0 atom stereocenters. The highest BCUT2D eigenvalue weighted by Gasteiger charge is 2.36. The lowest BCUT2D eigenvalue weighted by Crippen LogP contribution is -2.10. The number of carboxylic acids is 1. The van der Waals surface area contributed by atoms with E-state index in [9.17, 15) is 18.0 Å². The Balaban J connectivity index is 2.63. The van der Waals surface area contributed by atoms with Gasteiger partial charge in [-0.1, -0.05) is 5.16 Å². The molecule has 5 nitrogen and oxygen atoms in total. The Morgan fingerprint density at radius 2 is 2.05 bits per heavy atom. The first-order chi connectivity index (χ1) is 9.21. The van der Waals surface area contributed by atoms with E-state index in [0.717, 1.165) is 6.07 Å². The molecule has 2 rings (SSSR count). The van der Waals surface area contributed by atoms with E-state index in [0.29, 0.717) is 0 Å². The second kappa shape index (κ2) is 4.89. The second-order valence-electron chi connectivity index (χ2n) is 3.80. The topological polar surface area (TPSA) is 76.2 Å². The molecule has 0 fully saturated rings. The lowest BCUT2D eigenvalue weighted by Gasteiger charge is -2.09. The summed E-state index contributed by atoms with van der Waals surface area (Å²) in [6, 6.07) is 2.33. The molecule has 0 saturated heterocycles. The van der Waals surface area contributed by atoms with Crippen molar-refractivity contribution in [3.63, 3.8) is 0 Å².